The summed E-state index contributed by atoms with van der Waals surface area (Å²) in [6.45, 7) is 5.33. The Balaban J connectivity index is 2.16. The van der Waals surface area contributed by atoms with Crippen LogP contribution < -0.4 is 10.2 Å². The van der Waals surface area contributed by atoms with Gasteiger partial charge in [-0.05, 0) is 32.0 Å². The smallest absolute Gasteiger partial charge is 0.259 e. The van der Waals surface area contributed by atoms with Crippen molar-refractivity contribution in [3.05, 3.63) is 27.7 Å². The van der Waals surface area contributed by atoms with Gasteiger partial charge in [-0.1, -0.05) is 23.2 Å². The molecule has 0 aromatic heterocycles. The summed E-state index contributed by atoms with van der Waals surface area (Å²) in [5, 5.41) is 4.39. The number of rotatable bonds is 1. The summed E-state index contributed by atoms with van der Waals surface area (Å²) in [6, 6.07) is 3.50. The summed E-state index contributed by atoms with van der Waals surface area (Å²) in [6.07, 6.45) is 0.993. The molecule has 20 heavy (non-hydrogen) atoms. The average molecular weight is 314 g/mol. The predicted molar refractivity (Wildman–Crippen MR) is 81.8 cm³/mol. The van der Waals surface area contributed by atoms with Gasteiger partial charge in [0.1, 0.15) is 6.17 Å². The van der Waals surface area contributed by atoms with Gasteiger partial charge in [-0.3, -0.25) is 4.79 Å². The van der Waals surface area contributed by atoms with Gasteiger partial charge in [0.25, 0.3) is 5.91 Å². The molecular formula is C14H17Cl2N3O. The fourth-order valence-corrected chi connectivity index (χ4v) is 3.66. The maximum absolute atomic E-state index is 12.7. The van der Waals surface area contributed by atoms with E-state index in [0.29, 0.717) is 22.2 Å². The highest BCUT2D eigenvalue weighted by Crippen LogP contribution is 2.38. The molecule has 2 heterocycles. The van der Waals surface area contributed by atoms with Gasteiger partial charge >= 0.3 is 0 Å². The van der Waals surface area contributed by atoms with Crippen LogP contribution in [0.4, 0.5) is 5.69 Å². The molecule has 0 saturated carbocycles. The molecule has 2 aliphatic heterocycles. The zero-order valence-electron chi connectivity index (χ0n) is 11.3. The number of benzene rings is 1. The maximum Gasteiger partial charge on any atom is 0.259 e. The normalized spacial score (nSPS) is 22.4. The Kier molecular flexibility index (Phi) is 3.80. The summed E-state index contributed by atoms with van der Waals surface area (Å²) in [5.41, 5.74) is 1.45. The van der Waals surface area contributed by atoms with Crippen molar-refractivity contribution in [1.82, 2.24) is 10.2 Å². The van der Waals surface area contributed by atoms with Crippen molar-refractivity contribution >= 4 is 34.8 Å². The van der Waals surface area contributed by atoms with Gasteiger partial charge < -0.3 is 15.1 Å². The molecule has 1 amide bonds. The molecule has 1 aromatic carbocycles. The van der Waals surface area contributed by atoms with E-state index in [2.05, 4.69) is 10.2 Å². The van der Waals surface area contributed by atoms with Crippen LogP contribution in [0.25, 0.3) is 0 Å². The quantitative estimate of drug-likeness (QED) is 0.865. The van der Waals surface area contributed by atoms with E-state index >= 15 is 0 Å². The number of carbonyl (C=O) groups excluding carboxylic acids is 1. The molecule has 1 aromatic rings. The van der Waals surface area contributed by atoms with Crippen molar-refractivity contribution in [1.29, 1.82) is 0 Å². The van der Waals surface area contributed by atoms with E-state index in [1.165, 1.54) is 0 Å². The second kappa shape index (κ2) is 5.43. The van der Waals surface area contributed by atoms with Gasteiger partial charge in [-0.15, -0.1) is 0 Å². The lowest BCUT2D eigenvalue weighted by molar-refractivity contribution is 0.0660. The molecule has 0 aliphatic carbocycles. The van der Waals surface area contributed by atoms with Crippen LogP contribution in [0.2, 0.25) is 10.0 Å². The van der Waals surface area contributed by atoms with Gasteiger partial charge in [0.05, 0.1) is 16.3 Å². The summed E-state index contributed by atoms with van der Waals surface area (Å²) in [5.74, 6) is 0.00677. The van der Waals surface area contributed by atoms with Crippen molar-refractivity contribution in [3.8, 4) is 0 Å². The van der Waals surface area contributed by atoms with E-state index in [0.717, 1.165) is 31.7 Å². The minimum Gasteiger partial charge on any atom is -0.349 e. The molecule has 2 aliphatic rings. The zero-order chi connectivity index (χ0) is 14.3. The number of carbonyl (C=O) groups is 1. The van der Waals surface area contributed by atoms with Gasteiger partial charge in [0, 0.05) is 24.7 Å². The van der Waals surface area contributed by atoms with Crippen molar-refractivity contribution < 1.29 is 4.79 Å². The lowest BCUT2D eigenvalue weighted by Gasteiger charge is -2.44. The second-order valence-electron chi connectivity index (χ2n) is 5.09. The Morgan fingerprint density at radius 2 is 2.15 bits per heavy atom. The highest BCUT2D eigenvalue weighted by Gasteiger charge is 2.38. The SMILES string of the molecule is CCN1C(=O)c2c(Cl)cc(Cl)cc2N2CCNCC[C@H]12. The van der Waals surface area contributed by atoms with E-state index in [4.69, 9.17) is 23.2 Å². The van der Waals surface area contributed by atoms with E-state index in [9.17, 15) is 4.79 Å². The average Bonchev–Trinajstić information content (AvgIpc) is 2.64. The first-order valence-electron chi connectivity index (χ1n) is 6.91. The molecule has 1 N–H and O–H groups in total. The molecule has 1 atom stereocenters. The van der Waals surface area contributed by atoms with Crippen LogP contribution in [0.1, 0.15) is 23.7 Å². The molecule has 108 valence electrons. The maximum atomic E-state index is 12.7. The third-order valence-corrected chi connectivity index (χ3v) is 4.50. The number of hydrogen-bond acceptors (Lipinski definition) is 3. The largest absolute Gasteiger partial charge is 0.349 e. The Hall–Kier alpha value is -0.970. The lowest BCUT2D eigenvalue weighted by atomic mass is 10.0. The number of amides is 1. The highest BCUT2D eigenvalue weighted by atomic mass is 35.5. The first-order chi connectivity index (χ1) is 9.63. The minimum absolute atomic E-state index is 0.00677. The topological polar surface area (TPSA) is 35.6 Å². The molecule has 0 bridgehead atoms. The molecule has 1 saturated heterocycles. The summed E-state index contributed by atoms with van der Waals surface area (Å²) >= 11 is 12.4. The van der Waals surface area contributed by atoms with Gasteiger partial charge in [0.15, 0.2) is 0 Å². The monoisotopic (exact) mass is 313 g/mol. The van der Waals surface area contributed by atoms with Gasteiger partial charge in [-0.25, -0.2) is 0 Å². The van der Waals surface area contributed by atoms with Crippen LogP contribution in [0.5, 0.6) is 0 Å². The fraction of sp³-hybridized carbons (Fsp3) is 0.500. The highest BCUT2D eigenvalue weighted by molar-refractivity contribution is 6.38. The fourth-order valence-electron chi connectivity index (χ4n) is 3.10. The lowest BCUT2D eigenvalue weighted by Crippen LogP contribution is -2.55. The number of nitrogens with one attached hydrogen (secondary N) is 1. The first kappa shape index (κ1) is 14.0. The molecule has 0 spiro atoms. The van der Waals surface area contributed by atoms with Crippen molar-refractivity contribution in [2.24, 2.45) is 0 Å². The van der Waals surface area contributed by atoms with Crippen LogP contribution in [-0.4, -0.2) is 43.2 Å². The standard InChI is InChI=1S/C14H17Cl2N3O/c1-2-18-12-3-4-17-5-6-19(12)11-8-9(15)7-10(16)13(11)14(18)20/h7-8,12,17H,2-6H2,1H3/t12-/m1/s1. The Morgan fingerprint density at radius 3 is 2.90 bits per heavy atom. The first-order valence-corrected chi connectivity index (χ1v) is 7.66. The molecule has 0 radical (unpaired) electrons. The molecule has 1 fully saturated rings. The third kappa shape index (κ3) is 2.16. The summed E-state index contributed by atoms with van der Waals surface area (Å²) < 4.78 is 0. The van der Waals surface area contributed by atoms with Gasteiger partial charge in [0.2, 0.25) is 0 Å². The van der Waals surface area contributed by atoms with Crippen LogP contribution in [0, 0.1) is 0 Å². The molecular weight excluding hydrogens is 297 g/mol. The molecule has 3 rings (SSSR count). The minimum atomic E-state index is 0.00677. The van der Waals surface area contributed by atoms with Crippen LogP contribution in [0.15, 0.2) is 12.1 Å². The zero-order valence-corrected chi connectivity index (χ0v) is 12.8. The van der Waals surface area contributed by atoms with Crippen LogP contribution in [-0.2, 0) is 0 Å². The second-order valence-corrected chi connectivity index (χ2v) is 5.93. The van der Waals surface area contributed by atoms with Crippen molar-refractivity contribution in [2.75, 3.05) is 31.1 Å². The number of anilines is 1. The Bertz CT molecular complexity index is 549. The number of halogens is 2. The summed E-state index contributed by atoms with van der Waals surface area (Å²) in [4.78, 5) is 16.8. The predicted octanol–water partition coefficient (Wildman–Crippen LogP) is 2.59. The van der Waals surface area contributed by atoms with E-state index in [1.807, 2.05) is 17.9 Å². The van der Waals surface area contributed by atoms with Gasteiger partial charge in [-0.2, -0.15) is 0 Å². The van der Waals surface area contributed by atoms with E-state index in [-0.39, 0.29) is 12.1 Å². The van der Waals surface area contributed by atoms with Crippen LogP contribution in [0.3, 0.4) is 0 Å². The molecule has 6 heteroatoms. The van der Waals surface area contributed by atoms with Crippen LogP contribution >= 0.6 is 23.2 Å². The molecule has 0 unspecified atom stereocenters. The number of nitrogens with zero attached hydrogens (tertiary/aromatic N) is 2. The Labute approximate surface area is 128 Å². The summed E-state index contributed by atoms with van der Waals surface area (Å²) in [7, 11) is 0. The third-order valence-electron chi connectivity index (χ3n) is 3.99. The van der Waals surface area contributed by atoms with Crippen molar-refractivity contribution in [2.45, 2.75) is 19.5 Å². The van der Waals surface area contributed by atoms with Crippen molar-refractivity contribution in [3.63, 3.8) is 0 Å². The number of hydrogen-bond donors (Lipinski definition) is 1. The Morgan fingerprint density at radius 1 is 1.35 bits per heavy atom. The molecule has 4 nitrogen and oxygen atoms in total. The van der Waals surface area contributed by atoms with E-state index < -0.39 is 0 Å². The van der Waals surface area contributed by atoms with E-state index in [1.54, 1.807) is 6.07 Å². The number of fused-ring (bicyclic) bond motifs is 3.